The molecule has 9 aromatic rings. The van der Waals surface area contributed by atoms with E-state index in [0.29, 0.717) is 0 Å². The van der Waals surface area contributed by atoms with E-state index in [0.717, 1.165) is 83.2 Å². The maximum absolute atomic E-state index is 7.09. The topological polar surface area (TPSA) is 26.3 Å². The smallest absolute Gasteiger partial charge is 0.143 e. The predicted molar refractivity (Wildman–Crippen MR) is 191 cm³/mol. The Balaban J connectivity index is 1.34. The number of furan rings is 2. The molecule has 2 heteroatoms. The van der Waals surface area contributed by atoms with Gasteiger partial charge >= 0.3 is 0 Å². The van der Waals surface area contributed by atoms with Gasteiger partial charge in [-0.3, -0.25) is 0 Å². The zero-order valence-electron chi connectivity index (χ0n) is 25.0. The minimum Gasteiger partial charge on any atom is -0.455 e. The van der Waals surface area contributed by atoms with Gasteiger partial charge in [-0.05, 0) is 39.9 Å². The summed E-state index contributed by atoms with van der Waals surface area (Å²) < 4.78 is 13.7. The van der Waals surface area contributed by atoms with Gasteiger partial charge in [0.25, 0.3) is 0 Å². The summed E-state index contributed by atoms with van der Waals surface area (Å²) in [4.78, 5) is 0. The van der Waals surface area contributed by atoms with Crippen LogP contribution in [-0.4, -0.2) is 0 Å². The monoisotopic (exact) mass is 588 g/mol. The Labute approximate surface area is 266 Å². The Hall–Kier alpha value is -6.12. The van der Waals surface area contributed by atoms with Crippen LogP contribution >= 0.6 is 0 Å². The highest BCUT2D eigenvalue weighted by Crippen LogP contribution is 2.48. The van der Waals surface area contributed by atoms with E-state index in [4.69, 9.17) is 8.83 Å². The van der Waals surface area contributed by atoms with Crippen LogP contribution in [0.15, 0.2) is 179 Å². The largest absolute Gasteiger partial charge is 0.455 e. The van der Waals surface area contributed by atoms with Crippen LogP contribution < -0.4 is 0 Å². The molecule has 0 fully saturated rings. The van der Waals surface area contributed by atoms with Crippen LogP contribution in [0.3, 0.4) is 0 Å². The quantitative estimate of drug-likeness (QED) is 0.200. The third-order valence-electron chi connectivity index (χ3n) is 8.92. The zero-order chi connectivity index (χ0) is 30.5. The first kappa shape index (κ1) is 26.3. The molecule has 9 rings (SSSR count). The Morgan fingerprint density at radius 1 is 0.304 bits per heavy atom. The molecule has 0 radical (unpaired) electrons. The minimum absolute atomic E-state index is 0.846. The van der Waals surface area contributed by atoms with Crippen molar-refractivity contribution in [3.05, 3.63) is 170 Å². The van der Waals surface area contributed by atoms with Crippen molar-refractivity contribution in [1.29, 1.82) is 0 Å². The molecule has 0 amide bonds. The second kappa shape index (κ2) is 10.8. The van der Waals surface area contributed by atoms with Crippen LogP contribution in [0, 0.1) is 0 Å². The molecule has 0 N–H and O–H groups in total. The van der Waals surface area contributed by atoms with Crippen molar-refractivity contribution in [3.63, 3.8) is 0 Å². The van der Waals surface area contributed by atoms with Gasteiger partial charge in [-0.2, -0.15) is 0 Å². The molecule has 0 saturated heterocycles. The van der Waals surface area contributed by atoms with Crippen molar-refractivity contribution in [2.45, 2.75) is 0 Å². The van der Waals surface area contributed by atoms with Crippen LogP contribution in [-0.2, 0) is 0 Å². The standard InChI is InChI=1S/C44H28O2/c1-3-14-29(15-4-1)31-18-11-19-32(28-31)42-38-21-7-8-22-39(38)44(46-42)41-33(30-16-5-2-6-17-30)23-12-24-35(41)37-26-13-25-36-34-20-9-10-27-40(34)45-43(36)37/h1-28H. The van der Waals surface area contributed by atoms with Gasteiger partial charge in [-0.25, -0.2) is 0 Å². The fourth-order valence-electron chi connectivity index (χ4n) is 6.80. The van der Waals surface area contributed by atoms with E-state index >= 15 is 0 Å². The third-order valence-corrected chi connectivity index (χ3v) is 8.92. The number of hydrogen-bond donors (Lipinski definition) is 0. The van der Waals surface area contributed by atoms with Gasteiger partial charge in [-0.15, -0.1) is 0 Å². The summed E-state index contributed by atoms with van der Waals surface area (Å²) in [6.07, 6.45) is 0. The lowest BCUT2D eigenvalue weighted by atomic mass is 9.88. The molecule has 2 nitrogen and oxygen atoms in total. The van der Waals surface area contributed by atoms with Gasteiger partial charge in [0.2, 0.25) is 0 Å². The van der Waals surface area contributed by atoms with Crippen molar-refractivity contribution >= 4 is 32.7 Å². The molecule has 0 aliphatic carbocycles. The number of hydrogen-bond acceptors (Lipinski definition) is 2. The fourth-order valence-corrected chi connectivity index (χ4v) is 6.80. The predicted octanol–water partition coefficient (Wildman–Crippen LogP) is 12.7. The molecule has 0 aliphatic rings. The summed E-state index contributed by atoms with van der Waals surface area (Å²) >= 11 is 0. The molecule has 2 heterocycles. The zero-order valence-corrected chi connectivity index (χ0v) is 25.0. The van der Waals surface area contributed by atoms with E-state index in [2.05, 4.69) is 152 Å². The van der Waals surface area contributed by atoms with Crippen LogP contribution in [0.2, 0.25) is 0 Å². The van der Waals surface area contributed by atoms with Crippen LogP contribution in [0.1, 0.15) is 0 Å². The first-order valence-electron chi connectivity index (χ1n) is 15.6. The maximum Gasteiger partial charge on any atom is 0.143 e. The molecule has 0 saturated carbocycles. The number of fused-ring (bicyclic) bond motifs is 4. The van der Waals surface area contributed by atoms with E-state index in [-0.39, 0.29) is 0 Å². The second-order valence-corrected chi connectivity index (χ2v) is 11.6. The summed E-state index contributed by atoms with van der Waals surface area (Å²) in [6, 6.07) is 59.4. The average Bonchev–Trinajstić information content (AvgIpc) is 3.71. The van der Waals surface area contributed by atoms with E-state index in [1.807, 2.05) is 18.2 Å². The summed E-state index contributed by atoms with van der Waals surface area (Å²) in [5.41, 5.74) is 10.5. The number of para-hydroxylation sites is 2. The lowest BCUT2D eigenvalue weighted by molar-refractivity contribution is 0.602. The number of rotatable bonds is 5. The lowest BCUT2D eigenvalue weighted by Crippen LogP contribution is -1.90. The van der Waals surface area contributed by atoms with Gasteiger partial charge in [-0.1, -0.05) is 158 Å². The van der Waals surface area contributed by atoms with Crippen molar-refractivity contribution in [2.75, 3.05) is 0 Å². The summed E-state index contributed by atoms with van der Waals surface area (Å²) in [7, 11) is 0. The highest BCUT2D eigenvalue weighted by molar-refractivity contribution is 6.13. The molecule has 46 heavy (non-hydrogen) atoms. The van der Waals surface area contributed by atoms with Gasteiger partial charge in [0.15, 0.2) is 0 Å². The summed E-state index contributed by atoms with van der Waals surface area (Å²) in [5, 5.41) is 4.37. The Morgan fingerprint density at radius 3 is 1.65 bits per heavy atom. The van der Waals surface area contributed by atoms with Crippen LogP contribution in [0.25, 0.3) is 88.7 Å². The van der Waals surface area contributed by atoms with Crippen molar-refractivity contribution < 1.29 is 8.83 Å². The molecular formula is C44H28O2. The van der Waals surface area contributed by atoms with Crippen molar-refractivity contribution in [2.24, 2.45) is 0 Å². The molecular weight excluding hydrogens is 560 g/mol. The molecule has 7 aromatic carbocycles. The molecule has 2 aromatic heterocycles. The molecule has 0 bridgehead atoms. The van der Waals surface area contributed by atoms with E-state index in [1.54, 1.807) is 0 Å². The highest BCUT2D eigenvalue weighted by Gasteiger charge is 2.24. The first-order chi connectivity index (χ1) is 22.8. The lowest BCUT2D eigenvalue weighted by Gasteiger charge is -2.15. The Bertz CT molecular complexity index is 2520. The summed E-state index contributed by atoms with van der Waals surface area (Å²) in [6.45, 7) is 0. The Morgan fingerprint density at radius 2 is 0.848 bits per heavy atom. The van der Waals surface area contributed by atoms with Crippen LogP contribution in [0.4, 0.5) is 0 Å². The first-order valence-corrected chi connectivity index (χ1v) is 15.6. The normalized spacial score (nSPS) is 11.5. The van der Waals surface area contributed by atoms with E-state index in [1.165, 1.54) is 5.56 Å². The van der Waals surface area contributed by atoms with Crippen LogP contribution in [0.5, 0.6) is 0 Å². The maximum atomic E-state index is 7.09. The number of benzene rings is 7. The molecule has 0 spiro atoms. The fraction of sp³-hybridized carbons (Fsp3) is 0. The SMILES string of the molecule is c1ccc(-c2cccc(-c3oc(-c4c(-c5ccccc5)cccc4-c4cccc5c4oc4ccccc45)c4ccccc34)c2)cc1. The molecule has 0 aliphatic heterocycles. The average molecular weight is 589 g/mol. The van der Waals surface area contributed by atoms with Gasteiger partial charge < -0.3 is 8.83 Å². The van der Waals surface area contributed by atoms with Crippen molar-refractivity contribution in [1.82, 2.24) is 0 Å². The highest BCUT2D eigenvalue weighted by atomic mass is 16.3. The molecule has 0 unspecified atom stereocenters. The van der Waals surface area contributed by atoms with E-state index < -0.39 is 0 Å². The molecule has 0 atom stereocenters. The van der Waals surface area contributed by atoms with E-state index in [9.17, 15) is 0 Å². The Kier molecular flexibility index (Phi) is 6.17. The van der Waals surface area contributed by atoms with Gasteiger partial charge in [0, 0.05) is 38.2 Å². The van der Waals surface area contributed by atoms with Gasteiger partial charge in [0.05, 0.1) is 0 Å². The molecule has 216 valence electrons. The third kappa shape index (κ3) is 4.27. The van der Waals surface area contributed by atoms with Gasteiger partial charge in [0.1, 0.15) is 22.7 Å². The second-order valence-electron chi connectivity index (χ2n) is 11.6. The van der Waals surface area contributed by atoms with Crippen molar-refractivity contribution in [3.8, 4) is 56.0 Å². The minimum atomic E-state index is 0.846. The summed E-state index contributed by atoms with van der Waals surface area (Å²) in [5.74, 6) is 1.71.